The van der Waals surface area contributed by atoms with E-state index in [9.17, 15) is 0 Å². The maximum absolute atomic E-state index is 5.86. The molecule has 0 saturated heterocycles. The molecule has 0 atom stereocenters. The van der Waals surface area contributed by atoms with Gasteiger partial charge in [-0.15, -0.1) is 0 Å². The Bertz CT molecular complexity index is 596. The Morgan fingerprint density at radius 3 is 2.67 bits per heavy atom. The number of benzene rings is 2. The summed E-state index contributed by atoms with van der Waals surface area (Å²) in [5.41, 5.74) is 3.67. The first-order valence-electron chi connectivity index (χ1n) is 7.28. The predicted octanol–water partition coefficient (Wildman–Crippen LogP) is 5.37. The highest BCUT2D eigenvalue weighted by molar-refractivity contribution is 9.10. The maximum atomic E-state index is 5.86. The quantitative estimate of drug-likeness (QED) is 0.709. The van der Waals surface area contributed by atoms with Crippen LogP contribution in [0.2, 0.25) is 0 Å². The summed E-state index contributed by atoms with van der Waals surface area (Å²) in [5.74, 6) is 1.47. The first-order valence-corrected chi connectivity index (χ1v) is 8.08. The third-order valence-corrected chi connectivity index (χ3v) is 3.76. The second-order valence-electron chi connectivity index (χ2n) is 5.52. The van der Waals surface area contributed by atoms with Crippen molar-refractivity contribution >= 4 is 21.6 Å². The molecule has 0 spiro atoms. The molecule has 0 aromatic heterocycles. The van der Waals surface area contributed by atoms with Gasteiger partial charge < -0.3 is 10.1 Å². The van der Waals surface area contributed by atoms with E-state index < -0.39 is 0 Å². The molecule has 0 fully saturated rings. The third-order valence-electron chi connectivity index (χ3n) is 3.26. The van der Waals surface area contributed by atoms with Gasteiger partial charge in [-0.3, -0.25) is 0 Å². The number of aryl methyl sites for hydroxylation is 1. The zero-order valence-electron chi connectivity index (χ0n) is 12.8. The molecule has 0 aliphatic rings. The number of halogens is 1. The van der Waals surface area contributed by atoms with Crippen molar-refractivity contribution in [1.29, 1.82) is 0 Å². The highest BCUT2D eigenvalue weighted by atomic mass is 79.9. The lowest BCUT2D eigenvalue weighted by Crippen LogP contribution is -2.11. The van der Waals surface area contributed by atoms with E-state index in [4.69, 9.17) is 4.74 Å². The van der Waals surface area contributed by atoms with Gasteiger partial charge in [-0.2, -0.15) is 0 Å². The number of hydrogen-bond acceptors (Lipinski definition) is 2. The summed E-state index contributed by atoms with van der Waals surface area (Å²) in [6, 6.07) is 14.6. The molecule has 2 nitrogen and oxygen atoms in total. The summed E-state index contributed by atoms with van der Waals surface area (Å²) in [6.45, 7) is 7.94. The van der Waals surface area contributed by atoms with E-state index in [1.54, 1.807) is 0 Å². The Morgan fingerprint density at radius 1 is 1.14 bits per heavy atom. The van der Waals surface area contributed by atoms with Crippen molar-refractivity contribution in [2.45, 2.75) is 26.7 Å². The molecule has 2 aromatic rings. The van der Waals surface area contributed by atoms with Crippen molar-refractivity contribution in [2.24, 2.45) is 0 Å². The molecule has 0 bridgehead atoms. The van der Waals surface area contributed by atoms with Gasteiger partial charge in [-0.1, -0.05) is 41.9 Å². The van der Waals surface area contributed by atoms with Crippen LogP contribution >= 0.6 is 15.9 Å². The van der Waals surface area contributed by atoms with E-state index in [-0.39, 0.29) is 0 Å². The fourth-order valence-corrected chi connectivity index (χ4v) is 2.56. The highest BCUT2D eigenvalue weighted by Gasteiger charge is 2.03. The minimum Gasteiger partial charge on any atom is -0.492 e. The highest BCUT2D eigenvalue weighted by Crippen LogP contribution is 2.22. The van der Waals surface area contributed by atoms with Gasteiger partial charge in [0.1, 0.15) is 12.4 Å². The topological polar surface area (TPSA) is 21.3 Å². The Balaban J connectivity index is 1.86. The van der Waals surface area contributed by atoms with Gasteiger partial charge in [0.05, 0.1) is 0 Å². The number of ether oxygens (including phenoxy) is 1. The van der Waals surface area contributed by atoms with Gasteiger partial charge in [0.15, 0.2) is 0 Å². The Kier molecular flexibility index (Phi) is 5.68. The van der Waals surface area contributed by atoms with Crippen molar-refractivity contribution < 1.29 is 4.74 Å². The zero-order valence-corrected chi connectivity index (χ0v) is 14.4. The van der Waals surface area contributed by atoms with Crippen LogP contribution in [0, 0.1) is 6.92 Å². The van der Waals surface area contributed by atoms with E-state index in [0.29, 0.717) is 12.5 Å². The summed E-state index contributed by atoms with van der Waals surface area (Å²) in [5, 5.41) is 3.35. The molecule has 0 aliphatic heterocycles. The summed E-state index contributed by atoms with van der Waals surface area (Å²) in [4.78, 5) is 0. The predicted molar refractivity (Wildman–Crippen MR) is 93.4 cm³/mol. The molecule has 1 N–H and O–H groups in total. The number of hydrogen-bond donors (Lipinski definition) is 1. The Labute approximate surface area is 135 Å². The maximum Gasteiger partial charge on any atom is 0.119 e. The minimum atomic E-state index is 0.520. The number of nitrogens with one attached hydrogen (secondary N) is 1. The standard InChI is InChI=1S/C18H22BrNO/c1-13(2)15-9-14(3)10-18(11-15)21-8-7-20-17-6-4-5-16(19)12-17/h4-6,9-13,20H,7-8H2,1-3H3. The van der Waals surface area contributed by atoms with Crippen molar-refractivity contribution in [1.82, 2.24) is 0 Å². The molecule has 0 amide bonds. The molecule has 21 heavy (non-hydrogen) atoms. The van der Waals surface area contributed by atoms with Crippen LogP contribution in [-0.4, -0.2) is 13.2 Å². The first-order chi connectivity index (χ1) is 10.0. The molecular formula is C18H22BrNO. The zero-order chi connectivity index (χ0) is 15.2. The van der Waals surface area contributed by atoms with Gasteiger partial charge in [0.25, 0.3) is 0 Å². The normalized spacial score (nSPS) is 10.7. The lowest BCUT2D eigenvalue weighted by Gasteiger charge is -2.12. The largest absolute Gasteiger partial charge is 0.492 e. The fourth-order valence-electron chi connectivity index (χ4n) is 2.16. The van der Waals surface area contributed by atoms with E-state index in [1.807, 2.05) is 18.2 Å². The number of anilines is 1. The monoisotopic (exact) mass is 347 g/mol. The van der Waals surface area contributed by atoms with Gasteiger partial charge >= 0.3 is 0 Å². The molecule has 0 aliphatic carbocycles. The smallest absolute Gasteiger partial charge is 0.119 e. The second-order valence-corrected chi connectivity index (χ2v) is 6.44. The summed E-state index contributed by atoms with van der Waals surface area (Å²) >= 11 is 3.47. The van der Waals surface area contributed by atoms with Crippen molar-refractivity contribution in [2.75, 3.05) is 18.5 Å². The van der Waals surface area contributed by atoms with Crippen LogP contribution in [0.5, 0.6) is 5.75 Å². The van der Waals surface area contributed by atoms with Crippen LogP contribution in [-0.2, 0) is 0 Å². The minimum absolute atomic E-state index is 0.520. The van der Waals surface area contributed by atoms with Crippen LogP contribution in [0.1, 0.15) is 30.9 Å². The van der Waals surface area contributed by atoms with Gasteiger partial charge in [-0.25, -0.2) is 0 Å². The van der Waals surface area contributed by atoms with Gasteiger partial charge in [0, 0.05) is 16.7 Å². The molecular weight excluding hydrogens is 326 g/mol. The molecule has 2 rings (SSSR count). The van der Waals surface area contributed by atoms with Crippen LogP contribution in [0.4, 0.5) is 5.69 Å². The molecule has 2 aromatic carbocycles. The SMILES string of the molecule is Cc1cc(OCCNc2cccc(Br)c2)cc(C(C)C)c1. The number of rotatable bonds is 6. The molecule has 112 valence electrons. The molecule has 3 heteroatoms. The van der Waals surface area contributed by atoms with Crippen molar-refractivity contribution in [3.05, 3.63) is 58.1 Å². The lowest BCUT2D eigenvalue weighted by molar-refractivity contribution is 0.332. The van der Waals surface area contributed by atoms with Crippen LogP contribution in [0.3, 0.4) is 0 Å². The Hall–Kier alpha value is -1.48. The summed E-state index contributed by atoms with van der Waals surface area (Å²) in [7, 11) is 0. The molecule has 0 radical (unpaired) electrons. The summed E-state index contributed by atoms with van der Waals surface area (Å²) in [6.07, 6.45) is 0. The van der Waals surface area contributed by atoms with E-state index in [0.717, 1.165) is 22.5 Å². The van der Waals surface area contributed by atoms with Crippen molar-refractivity contribution in [3.8, 4) is 5.75 Å². The van der Waals surface area contributed by atoms with Crippen LogP contribution in [0.15, 0.2) is 46.9 Å². The van der Waals surface area contributed by atoms with Crippen molar-refractivity contribution in [3.63, 3.8) is 0 Å². The molecule has 0 unspecified atom stereocenters. The first kappa shape index (κ1) is 15.9. The van der Waals surface area contributed by atoms with E-state index in [1.165, 1.54) is 11.1 Å². The molecule has 0 saturated carbocycles. The fraction of sp³-hybridized carbons (Fsp3) is 0.333. The molecule has 0 heterocycles. The van der Waals surface area contributed by atoms with Gasteiger partial charge in [-0.05, 0) is 54.3 Å². The van der Waals surface area contributed by atoms with E-state index >= 15 is 0 Å². The lowest BCUT2D eigenvalue weighted by atomic mass is 10.0. The second kappa shape index (κ2) is 7.51. The average Bonchev–Trinajstić information content (AvgIpc) is 2.43. The van der Waals surface area contributed by atoms with Crippen LogP contribution in [0.25, 0.3) is 0 Å². The van der Waals surface area contributed by atoms with Gasteiger partial charge in [0.2, 0.25) is 0 Å². The summed E-state index contributed by atoms with van der Waals surface area (Å²) < 4.78 is 6.93. The van der Waals surface area contributed by atoms with E-state index in [2.05, 4.69) is 66.3 Å². The third kappa shape index (κ3) is 5.09. The Morgan fingerprint density at radius 2 is 1.95 bits per heavy atom. The van der Waals surface area contributed by atoms with Crippen LogP contribution < -0.4 is 10.1 Å². The average molecular weight is 348 g/mol.